The molecule has 0 saturated carbocycles. The number of pyridine rings is 1. The lowest BCUT2D eigenvalue weighted by Gasteiger charge is -2.21. The van der Waals surface area contributed by atoms with Crippen molar-refractivity contribution in [1.82, 2.24) is 10.3 Å². The average Bonchev–Trinajstić information content (AvgIpc) is 2.47. The Balaban J connectivity index is 2.46. The number of rotatable bonds is 6. The number of aryl methyl sites for hydroxylation is 1. The number of nitrogens with zero attached hydrogens (tertiary/aromatic N) is 1. The first-order valence-corrected chi connectivity index (χ1v) is 7.53. The molecule has 0 aliphatic heterocycles. The van der Waals surface area contributed by atoms with Gasteiger partial charge >= 0.3 is 0 Å². The number of nitrogens with one attached hydrogen (secondary N) is 1. The van der Waals surface area contributed by atoms with Crippen molar-refractivity contribution in [2.45, 2.75) is 26.3 Å². The lowest BCUT2D eigenvalue weighted by atomic mass is 10.00. The van der Waals surface area contributed by atoms with Gasteiger partial charge in [-0.15, -0.1) is 0 Å². The zero-order chi connectivity index (χ0) is 15.2. The lowest BCUT2D eigenvalue weighted by molar-refractivity contribution is 0.399. The smallest absolute Gasteiger partial charge is 0.142 e. The molecule has 0 saturated heterocycles. The normalized spacial score (nSPS) is 12.2. The molecule has 2 rings (SSSR count). The lowest BCUT2D eigenvalue weighted by Crippen LogP contribution is -2.24. The third-order valence-corrected chi connectivity index (χ3v) is 3.51. The minimum absolute atomic E-state index is 0.0292. The van der Waals surface area contributed by atoms with Crippen LogP contribution in [-0.2, 0) is 0 Å². The first-order valence-electron chi connectivity index (χ1n) is 7.15. The molecule has 21 heavy (non-hydrogen) atoms. The van der Waals surface area contributed by atoms with E-state index in [0.717, 1.165) is 40.6 Å². The molecule has 0 amide bonds. The van der Waals surface area contributed by atoms with Crippen LogP contribution in [0, 0.1) is 6.92 Å². The molecule has 2 aromatic rings. The molecule has 0 aliphatic carbocycles. The van der Waals surface area contributed by atoms with Gasteiger partial charge < -0.3 is 10.1 Å². The topological polar surface area (TPSA) is 34.2 Å². The van der Waals surface area contributed by atoms with Crippen molar-refractivity contribution in [3.63, 3.8) is 0 Å². The van der Waals surface area contributed by atoms with Crippen LogP contribution in [0.4, 0.5) is 0 Å². The van der Waals surface area contributed by atoms with E-state index in [1.54, 1.807) is 13.3 Å². The summed E-state index contributed by atoms with van der Waals surface area (Å²) in [4.78, 5) is 4.51. The fourth-order valence-corrected chi connectivity index (χ4v) is 2.68. The van der Waals surface area contributed by atoms with Crippen molar-refractivity contribution in [2.75, 3.05) is 13.7 Å². The largest absolute Gasteiger partial charge is 0.495 e. The second-order valence-corrected chi connectivity index (χ2v) is 5.48. The van der Waals surface area contributed by atoms with Gasteiger partial charge in [0.1, 0.15) is 11.4 Å². The van der Waals surface area contributed by atoms with Crippen molar-refractivity contribution >= 4 is 11.6 Å². The Labute approximate surface area is 131 Å². The number of hydrogen-bond acceptors (Lipinski definition) is 3. The summed E-state index contributed by atoms with van der Waals surface area (Å²) in [5, 5.41) is 4.27. The summed E-state index contributed by atoms with van der Waals surface area (Å²) >= 11 is 6.21. The molecule has 0 spiro atoms. The molecule has 4 heteroatoms. The van der Waals surface area contributed by atoms with E-state index >= 15 is 0 Å². The standard InChI is InChI=1S/C17H21ClN2O/c1-4-7-19-16(13-9-12(2)10-14(18)11-13)17-15(21-3)6-5-8-20-17/h5-6,8-11,16,19H,4,7H2,1-3H3. The second kappa shape index (κ2) is 7.43. The number of benzene rings is 1. The summed E-state index contributed by atoms with van der Waals surface area (Å²) in [6.45, 7) is 5.08. The molecule has 0 aliphatic rings. The monoisotopic (exact) mass is 304 g/mol. The van der Waals surface area contributed by atoms with Gasteiger partial charge in [0.25, 0.3) is 0 Å². The number of ether oxygens (including phenoxy) is 1. The molecule has 1 N–H and O–H groups in total. The molecule has 0 radical (unpaired) electrons. The van der Waals surface area contributed by atoms with Crippen LogP contribution in [0.5, 0.6) is 5.75 Å². The molecule has 1 atom stereocenters. The molecule has 1 unspecified atom stereocenters. The van der Waals surface area contributed by atoms with Gasteiger partial charge in [0.15, 0.2) is 0 Å². The third kappa shape index (κ3) is 3.96. The Hall–Kier alpha value is -1.58. The van der Waals surface area contributed by atoms with Crippen LogP contribution in [0.3, 0.4) is 0 Å². The molecule has 1 heterocycles. The number of aromatic nitrogens is 1. The Bertz CT molecular complexity index is 581. The van der Waals surface area contributed by atoms with Crippen LogP contribution in [0.25, 0.3) is 0 Å². The highest BCUT2D eigenvalue weighted by Gasteiger charge is 2.19. The quantitative estimate of drug-likeness (QED) is 0.871. The van der Waals surface area contributed by atoms with Crippen LogP contribution in [0.2, 0.25) is 5.02 Å². The fourth-order valence-electron chi connectivity index (χ4n) is 2.38. The minimum atomic E-state index is -0.0292. The van der Waals surface area contributed by atoms with Crippen molar-refractivity contribution in [1.29, 1.82) is 0 Å². The maximum absolute atomic E-state index is 6.21. The van der Waals surface area contributed by atoms with E-state index in [1.807, 2.05) is 31.2 Å². The maximum atomic E-state index is 6.21. The Morgan fingerprint density at radius 1 is 1.33 bits per heavy atom. The van der Waals surface area contributed by atoms with Gasteiger partial charge in [-0.25, -0.2) is 0 Å². The Kier molecular flexibility index (Phi) is 5.59. The first-order chi connectivity index (χ1) is 10.2. The zero-order valence-electron chi connectivity index (χ0n) is 12.7. The van der Waals surface area contributed by atoms with Crippen LogP contribution in [0.1, 0.15) is 36.2 Å². The summed E-state index contributed by atoms with van der Waals surface area (Å²) < 4.78 is 5.45. The summed E-state index contributed by atoms with van der Waals surface area (Å²) in [7, 11) is 1.67. The highest BCUT2D eigenvalue weighted by molar-refractivity contribution is 6.30. The van der Waals surface area contributed by atoms with Crippen molar-refractivity contribution in [3.05, 3.63) is 58.4 Å². The van der Waals surface area contributed by atoms with E-state index in [9.17, 15) is 0 Å². The predicted molar refractivity (Wildman–Crippen MR) is 87.1 cm³/mol. The molecule has 1 aromatic heterocycles. The highest BCUT2D eigenvalue weighted by atomic mass is 35.5. The van der Waals surface area contributed by atoms with Crippen molar-refractivity contribution in [2.24, 2.45) is 0 Å². The third-order valence-electron chi connectivity index (χ3n) is 3.29. The van der Waals surface area contributed by atoms with Gasteiger partial charge in [-0.2, -0.15) is 0 Å². The molecule has 112 valence electrons. The molecular weight excluding hydrogens is 284 g/mol. The van der Waals surface area contributed by atoms with Gasteiger partial charge in [0.05, 0.1) is 13.2 Å². The van der Waals surface area contributed by atoms with Gasteiger partial charge in [0, 0.05) is 11.2 Å². The summed E-state index contributed by atoms with van der Waals surface area (Å²) in [5.41, 5.74) is 3.12. The van der Waals surface area contributed by atoms with E-state index in [0.29, 0.717) is 0 Å². The summed E-state index contributed by atoms with van der Waals surface area (Å²) in [6, 6.07) is 9.85. The van der Waals surface area contributed by atoms with E-state index in [1.165, 1.54) is 0 Å². The van der Waals surface area contributed by atoms with Gasteiger partial charge in [-0.1, -0.05) is 24.6 Å². The van der Waals surface area contributed by atoms with Gasteiger partial charge in [-0.05, 0) is 55.3 Å². The van der Waals surface area contributed by atoms with E-state index in [4.69, 9.17) is 16.3 Å². The second-order valence-electron chi connectivity index (χ2n) is 5.04. The minimum Gasteiger partial charge on any atom is -0.495 e. The Morgan fingerprint density at radius 3 is 2.81 bits per heavy atom. The molecular formula is C17H21ClN2O. The number of methoxy groups -OCH3 is 1. The van der Waals surface area contributed by atoms with Gasteiger partial charge in [0.2, 0.25) is 0 Å². The number of halogens is 1. The van der Waals surface area contributed by atoms with Crippen LogP contribution >= 0.6 is 11.6 Å². The van der Waals surface area contributed by atoms with Crippen LogP contribution in [0.15, 0.2) is 36.5 Å². The van der Waals surface area contributed by atoms with Crippen molar-refractivity contribution in [3.8, 4) is 5.75 Å². The summed E-state index contributed by atoms with van der Waals surface area (Å²) in [5.74, 6) is 0.781. The SMILES string of the molecule is CCCNC(c1cc(C)cc(Cl)c1)c1ncccc1OC. The predicted octanol–water partition coefficient (Wildman–Crippen LogP) is 4.14. The fraction of sp³-hybridized carbons (Fsp3) is 0.353. The molecule has 1 aromatic carbocycles. The average molecular weight is 305 g/mol. The molecule has 3 nitrogen and oxygen atoms in total. The molecule has 0 fully saturated rings. The Morgan fingerprint density at radius 2 is 2.14 bits per heavy atom. The van der Waals surface area contributed by atoms with Crippen LogP contribution < -0.4 is 10.1 Å². The van der Waals surface area contributed by atoms with Gasteiger partial charge in [-0.3, -0.25) is 4.98 Å². The number of hydrogen-bond donors (Lipinski definition) is 1. The van der Waals surface area contributed by atoms with E-state index in [-0.39, 0.29) is 6.04 Å². The maximum Gasteiger partial charge on any atom is 0.142 e. The first kappa shape index (κ1) is 15.8. The molecule has 0 bridgehead atoms. The zero-order valence-corrected chi connectivity index (χ0v) is 13.4. The van der Waals surface area contributed by atoms with Crippen LogP contribution in [-0.4, -0.2) is 18.6 Å². The van der Waals surface area contributed by atoms with E-state index < -0.39 is 0 Å². The summed E-state index contributed by atoms with van der Waals surface area (Å²) in [6.07, 6.45) is 2.83. The van der Waals surface area contributed by atoms with E-state index in [2.05, 4.69) is 23.3 Å². The highest BCUT2D eigenvalue weighted by Crippen LogP contribution is 2.30. The van der Waals surface area contributed by atoms with Crippen molar-refractivity contribution < 1.29 is 4.74 Å².